The van der Waals surface area contributed by atoms with Gasteiger partial charge in [-0.2, -0.15) is 10.4 Å². The summed E-state index contributed by atoms with van der Waals surface area (Å²) in [6.45, 7) is 0. The number of amides is 1. The molecule has 1 N–H and O–H groups in total. The van der Waals surface area contributed by atoms with Gasteiger partial charge in [0.15, 0.2) is 0 Å². The van der Waals surface area contributed by atoms with Crippen molar-refractivity contribution < 1.29 is 13.9 Å². The van der Waals surface area contributed by atoms with E-state index < -0.39 is 0 Å². The quantitative estimate of drug-likeness (QED) is 0.344. The first-order valence-corrected chi connectivity index (χ1v) is 8.96. The highest BCUT2D eigenvalue weighted by molar-refractivity contribution is 14.1. The van der Waals surface area contributed by atoms with E-state index in [0.717, 1.165) is 9.13 Å². The molecule has 1 amide bonds. The van der Waals surface area contributed by atoms with Gasteiger partial charge in [0.05, 0.1) is 28.5 Å². The topological polar surface area (TPSA) is 87.6 Å². The molecule has 27 heavy (non-hydrogen) atoms. The van der Waals surface area contributed by atoms with E-state index in [9.17, 15) is 4.79 Å². The third-order valence-electron chi connectivity index (χ3n) is 3.70. The summed E-state index contributed by atoms with van der Waals surface area (Å²) in [6, 6.07) is 17.8. The van der Waals surface area contributed by atoms with Crippen LogP contribution in [0.5, 0.6) is 5.75 Å². The van der Waals surface area contributed by atoms with Crippen LogP contribution in [0.15, 0.2) is 64.1 Å². The fourth-order valence-electron chi connectivity index (χ4n) is 2.31. The van der Waals surface area contributed by atoms with Crippen LogP contribution in [0.4, 0.5) is 0 Å². The molecule has 134 valence electrons. The largest absolute Gasteiger partial charge is 0.496 e. The molecule has 0 bridgehead atoms. The minimum Gasteiger partial charge on any atom is -0.496 e. The van der Waals surface area contributed by atoms with Gasteiger partial charge in [-0.05, 0) is 77.2 Å². The zero-order valence-electron chi connectivity index (χ0n) is 14.3. The molecular weight excluding hydrogens is 457 g/mol. The van der Waals surface area contributed by atoms with E-state index in [-0.39, 0.29) is 5.91 Å². The fourth-order valence-corrected chi connectivity index (χ4v) is 2.86. The van der Waals surface area contributed by atoms with Gasteiger partial charge in [-0.25, -0.2) is 5.43 Å². The number of benzene rings is 2. The molecule has 0 aliphatic carbocycles. The van der Waals surface area contributed by atoms with Crippen LogP contribution < -0.4 is 10.2 Å². The summed E-state index contributed by atoms with van der Waals surface area (Å²) in [5.41, 5.74) is 4.34. The Bertz CT molecular complexity index is 1030. The van der Waals surface area contributed by atoms with Crippen LogP contribution in [0, 0.1) is 14.9 Å². The van der Waals surface area contributed by atoms with E-state index in [4.69, 9.17) is 14.4 Å². The summed E-state index contributed by atoms with van der Waals surface area (Å²) in [5.74, 6) is 1.43. The van der Waals surface area contributed by atoms with Crippen molar-refractivity contribution in [3.8, 4) is 23.1 Å². The Morgan fingerprint density at radius 2 is 2.00 bits per heavy atom. The van der Waals surface area contributed by atoms with E-state index in [1.807, 2.05) is 12.1 Å². The van der Waals surface area contributed by atoms with Crippen molar-refractivity contribution in [1.29, 1.82) is 5.26 Å². The summed E-state index contributed by atoms with van der Waals surface area (Å²) in [4.78, 5) is 12.2. The maximum Gasteiger partial charge on any atom is 0.271 e. The molecule has 0 fully saturated rings. The van der Waals surface area contributed by atoms with Crippen molar-refractivity contribution in [1.82, 2.24) is 5.43 Å². The molecule has 0 radical (unpaired) electrons. The second kappa shape index (κ2) is 8.51. The molecule has 0 saturated heterocycles. The predicted molar refractivity (Wildman–Crippen MR) is 110 cm³/mol. The number of hydrogen-bond acceptors (Lipinski definition) is 5. The van der Waals surface area contributed by atoms with Crippen molar-refractivity contribution in [3.63, 3.8) is 0 Å². The summed E-state index contributed by atoms with van der Waals surface area (Å²) < 4.78 is 11.8. The van der Waals surface area contributed by atoms with Crippen LogP contribution in [-0.4, -0.2) is 19.2 Å². The number of nitriles is 1. The summed E-state index contributed by atoms with van der Waals surface area (Å²) in [7, 11) is 1.56. The molecule has 7 heteroatoms. The lowest BCUT2D eigenvalue weighted by molar-refractivity contribution is 0.0954. The number of carbonyl (C=O) groups excluding carboxylic acids is 1. The second-order valence-corrected chi connectivity index (χ2v) is 6.60. The first-order chi connectivity index (χ1) is 13.1. The highest BCUT2D eigenvalue weighted by Gasteiger charge is 2.08. The van der Waals surface area contributed by atoms with E-state index in [2.05, 4.69) is 39.2 Å². The average Bonchev–Trinajstić information content (AvgIpc) is 3.17. The number of methoxy groups -OCH3 is 1. The van der Waals surface area contributed by atoms with Crippen molar-refractivity contribution in [2.24, 2.45) is 5.10 Å². The molecule has 0 saturated carbocycles. The normalized spacial score (nSPS) is 10.6. The molecule has 6 nitrogen and oxygen atoms in total. The van der Waals surface area contributed by atoms with Gasteiger partial charge in [-0.15, -0.1) is 0 Å². The maximum absolute atomic E-state index is 12.2. The Labute approximate surface area is 169 Å². The molecule has 0 aliphatic heterocycles. The highest BCUT2D eigenvalue weighted by Crippen LogP contribution is 2.23. The zero-order chi connectivity index (χ0) is 19.2. The van der Waals surface area contributed by atoms with Crippen molar-refractivity contribution >= 4 is 34.7 Å². The maximum atomic E-state index is 12.2. The van der Waals surface area contributed by atoms with Gasteiger partial charge in [0.2, 0.25) is 0 Å². The number of hydrogen-bond donors (Lipinski definition) is 1. The van der Waals surface area contributed by atoms with Crippen LogP contribution in [0.1, 0.15) is 21.7 Å². The first kappa shape index (κ1) is 18.7. The van der Waals surface area contributed by atoms with E-state index in [1.165, 1.54) is 6.21 Å². The number of nitrogens with one attached hydrogen (secondary N) is 1. The number of furan rings is 1. The lowest BCUT2D eigenvalue weighted by Crippen LogP contribution is -2.17. The standard InChI is InChI=1S/C20H14IN3O3/c1-26-19-10-15(6-8-17(19)21)20(25)24-23-12-16-7-9-18(27-16)14-4-2-13(11-22)3-5-14/h2-10,12H,1H3,(H,24,25). The number of carbonyl (C=O) groups is 1. The summed E-state index contributed by atoms with van der Waals surface area (Å²) in [6.07, 6.45) is 1.43. The molecule has 0 spiro atoms. The SMILES string of the molecule is COc1cc(C(=O)NN=Cc2ccc(-c3ccc(C#N)cc3)o2)ccc1I. The van der Waals surface area contributed by atoms with Gasteiger partial charge in [-0.3, -0.25) is 4.79 Å². The molecule has 3 rings (SSSR count). The van der Waals surface area contributed by atoms with Crippen LogP contribution >= 0.6 is 22.6 Å². The Hall–Kier alpha value is -3.12. The fraction of sp³-hybridized carbons (Fsp3) is 0.0500. The molecule has 0 atom stereocenters. The molecule has 2 aromatic carbocycles. The van der Waals surface area contributed by atoms with Crippen molar-refractivity contribution in [2.45, 2.75) is 0 Å². The number of rotatable bonds is 5. The van der Waals surface area contributed by atoms with Gasteiger partial charge < -0.3 is 9.15 Å². The van der Waals surface area contributed by atoms with Gasteiger partial charge >= 0.3 is 0 Å². The van der Waals surface area contributed by atoms with E-state index in [0.29, 0.717) is 28.4 Å². The Kier molecular flexibility index (Phi) is 5.88. The smallest absolute Gasteiger partial charge is 0.271 e. The average molecular weight is 471 g/mol. The third-order valence-corrected chi connectivity index (χ3v) is 4.59. The van der Waals surface area contributed by atoms with Gasteiger partial charge in [0, 0.05) is 11.1 Å². The number of nitrogens with zero attached hydrogens (tertiary/aromatic N) is 2. The Morgan fingerprint density at radius 1 is 1.22 bits per heavy atom. The van der Waals surface area contributed by atoms with E-state index in [1.54, 1.807) is 49.6 Å². The van der Waals surface area contributed by atoms with Crippen molar-refractivity contribution in [3.05, 3.63) is 75.1 Å². The minimum absolute atomic E-state index is 0.347. The first-order valence-electron chi connectivity index (χ1n) is 7.88. The summed E-state index contributed by atoms with van der Waals surface area (Å²) >= 11 is 2.13. The Morgan fingerprint density at radius 3 is 2.70 bits per heavy atom. The van der Waals surface area contributed by atoms with Crippen LogP contribution in [0.2, 0.25) is 0 Å². The van der Waals surface area contributed by atoms with Gasteiger partial charge in [0.1, 0.15) is 17.3 Å². The lowest BCUT2D eigenvalue weighted by atomic mass is 10.1. The van der Waals surface area contributed by atoms with Crippen LogP contribution in [0.3, 0.4) is 0 Å². The predicted octanol–water partition coefficient (Wildman–Crippen LogP) is 4.20. The van der Waals surface area contributed by atoms with E-state index >= 15 is 0 Å². The monoisotopic (exact) mass is 471 g/mol. The molecule has 1 aromatic heterocycles. The summed E-state index contributed by atoms with van der Waals surface area (Å²) in [5, 5.41) is 12.8. The lowest BCUT2D eigenvalue weighted by Gasteiger charge is -2.05. The van der Waals surface area contributed by atoms with Crippen molar-refractivity contribution in [2.75, 3.05) is 7.11 Å². The number of hydrazone groups is 1. The molecular formula is C20H14IN3O3. The second-order valence-electron chi connectivity index (χ2n) is 5.44. The molecule has 0 unspecified atom stereocenters. The molecule has 1 heterocycles. The minimum atomic E-state index is -0.347. The molecule has 3 aromatic rings. The third kappa shape index (κ3) is 4.54. The Balaban J connectivity index is 1.65. The van der Waals surface area contributed by atoms with Gasteiger partial charge in [-0.1, -0.05) is 0 Å². The van der Waals surface area contributed by atoms with Crippen LogP contribution in [-0.2, 0) is 0 Å². The highest BCUT2D eigenvalue weighted by atomic mass is 127. The molecule has 0 aliphatic rings. The van der Waals surface area contributed by atoms with Gasteiger partial charge in [0.25, 0.3) is 5.91 Å². The number of ether oxygens (including phenoxy) is 1. The van der Waals surface area contributed by atoms with Crippen LogP contribution in [0.25, 0.3) is 11.3 Å². The zero-order valence-corrected chi connectivity index (χ0v) is 16.4. The number of halogens is 1.